The van der Waals surface area contributed by atoms with Gasteiger partial charge in [-0.05, 0) is 18.6 Å². The van der Waals surface area contributed by atoms with E-state index in [1.165, 1.54) is 19.2 Å². The topological polar surface area (TPSA) is 91.7 Å². The minimum atomic E-state index is -4.59. The Hall–Kier alpha value is -2.62. The van der Waals surface area contributed by atoms with Gasteiger partial charge in [-0.25, -0.2) is 4.79 Å². The molecule has 0 saturated carbocycles. The highest BCUT2D eigenvalue weighted by Crippen LogP contribution is 2.34. The Labute approximate surface area is 148 Å². The molecule has 1 atom stereocenters. The third-order valence-electron chi connectivity index (χ3n) is 3.22. The van der Waals surface area contributed by atoms with E-state index < -0.39 is 29.6 Å². The number of anilines is 1. The number of quaternary nitrogens is 1. The summed E-state index contributed by atoms with van der Waals surface area (Å²) >= 11 is 0. The van der Waals surface area contributed by atoms with Crippen LogP contribution in [-0.2, 0) is 15.8 Å². The van der Waals surface area contributed by atoms with Crippen molar-refractivity contribution < 1.29 is 32.5 Å². The van der Waals surface area contributed by atoms with Gasteiger partial charge in [0, 0.05) is 6.54 Å². The molecular weight excluding hydrogens is 353 g/mol. The number of hydrogen-bond acceptors (Lipinski definition) is 3. The van der Waals surface area contributed by atoms with Crippen LogP contribution in [-0.4, -0.2) is 44.5 Å². The zero-order valence-electron chi connectivity index (χ0n) is 14.5. The fourth-order valence-corrected chi connectivity index (χ4v) is 2.10. The van der Waals surface area contributed by atoms with Gasteiger partial charge in [0.15, 0.2) is 13.1 Å². The number of rotatable bonds is 7. The van der Waals surface area contributed by atoms with Crippen LogP contribution in [0, 0.1) is 0 Å². The average Bonchev–Trinajstić information content (AvgIpc) is 2.51. The third-order valence-corrected chi connectivity index (χ3v) is 3.22. The summed E-state index contributed by atoms with van der Waals surface area (Å²) in [6.45, 7) is 1.85. The predicted octanol–water partition coefficient (Wildman–Crippen LogP) is 0.394. The van der Waals surface area contributed by atoms with Gasteiger partial charge in [-0.15, -0.1) is 0 Å². The summed E-state index contributed by atoms with van der Waals surface area (Å²) in [4.78, 5) is 35.4. The largest absolute Gasteiger partial charge is 0.418 e. The van der Waals surface area contributed by atoms with Crippen LogP contribution in [0.3, 0.4) is 0 Å². The molecule has 10 heteroatoms. The van der Waals surface area contributed by atoms with E-state index >= 15 is 0 Å². The van der Waals surface area contributed by atoms with Crippen molar-refractivity contribution in [3.8, 4) is 0 Å². The van der Waals surface area contributed by atoms with Crippen LogP contribution >= 0.6 is 0 Å². The van der Waals surface area contributed by atoms with Crippen molar-refractivity contribution in [2.75, 3.05) is 32.0 Å². The number of hydrogen-bond donors (Lipinski definition) is 4. The van der Waals surface area contributed by atoms with Gasteiger partial charge >= 0.3 is 12.2 Å². The van der Waals surface area contributed by atoms with Crippen LogP contribution in [0.4, 0.5) is 23.7 Å². The lowest BCUT2D eigenvalue weighted by Gasteiger charge is -2.16. The molecule has 0 heterocycles. The van der Waals surface area contributed by atoms with E-state index in [-0.39, 0.29) is 18.8 Å². The minimum Gasteiger partial charge on any atom is -0.338 e. The van der Waals surface area contributed by atoms with E-state index in [2.05, 4.69) is 16.0 Å². The Morgan fingerprint density at radius 1 is 1.08 bits per heavy atom. The molecule has 1 rings (SSSR count). The molecule has 4 amide bonds. The Morgan fingerprint density at radius 2 is 1.69 bits per heavy atom. The first-order chi connectivity index (χ1) is 12.1. The summed E-state index contributed by atoms with van der Waals surface area (Å²) in [6, 6.07) is 4.00. The van der Waals surface area contributed by atoms with E-state index in [0.29, 0.717) is 17.9 Å². The molecule has 1 unspecified atom stereocenters. The van der Waals surface area contributed by atoms with Crippen LogP contribution in [0.15, 0.2) is 24.3 Å². The SMILES string of the molecule is CCCNC(=O)NC(=O)C[NH+](C)CC(=O)Nc1ccccc1C(F)(F)F. The van der Waals surface area contributed by atoms with Gasteiger partial charge in [-0.3, -0.25) is 14.9 Å². The zero-order valence-corrected chi connectivity index (χ0v) is 14.5. The second-order valence-electron chi connectivity index (χ2n) is 5.71. The molecular formula is C16H22F3N4O3+. The van der Waals surface area contributed by atoms with Crippen molar-refractivity contribution in [2.24, 2.45) is 0 Å². The van der Waals surface area contributed by atoms with Crippen molar-refractivity contribution in [3.63, 3.8) is 0 Å². The molecule has 1 aromatic rings. The molecule has 144 valence electrons. The number of amides is 4. The van der Waals surface area contributed by atoms with Gasteiger partial charge < -0.3 is 15.5 Å². The Bertz CT molecular complexity index is 650. The maximum absolute atomic E-state index is 12.9. The molecule has 0 bridgehead atoms. The van der Waals surface area contributed by atoms with E-state index in [4.69, 9.17) is 0 Å². The smallest absolute Gasteiger partial charge is 0.338 e. The van der Waals surface area contributed by atoms with Crippen LogP contribution in [0.25, 0.3) is 0 Å². The fraction of sp³-hybridized carbons (Fsp3) is 0.438. The molecule has 7 nitrogen and oxygen atoms in total. The number of alkyl halides is 3. The summed E-state index contributed by atoms with van der Waals surface area (Å²) < 4.78 is 38.7. The first kappa shape index (κ1) is 21.4. The van der Waals surface area contributed by atoms with Crippen molar-refractivity contribution in [3.05, 3.63) is 29.8 Å². The Kier molecular flexibility index (Phi) is 8.04. The van der Waals surface area contributed by atoms with Crippen molar-refractivity contribution in [2.45, 2.75) is 19.5 Å². The highest BCUT2D eigenvalue weighted by molar-refractivity contribution is 5.95. The molecule has 0 aliphatic heterocycles. The second kappa shape index (κ2) is 9.76. The fourth-order valence-electron chi connectivity index (χ4n) is 2.10. The number of urea groups is 1. The summed E-state index contributed by atoms with van der Waals surface area (Å²) in [5.41, 5.74) is -1.29. The quantitative estimate of drug-likeness (QED) is 0.556. The van der Waals surface area contributed by atoms with E-state index in [1.54, 1.807) is 0 Å². The number of imide groups is 1. The molecule has 0 saturated heterocycles. The number of likely N-dealkylation sites (N-methyl/N-ethyl adjacent to an activating group) is 1. The standard InChI is InChI=1S/C16H21F3N4O3/c1-3-8-20-15(26)22-14(25)10-23(2)9-13(24)21-12-7-5-4-6-11(12)16(17,18)19/h4-7H,3,8-10H2,1-2H3,(H,21,24)(H2,20,22,25,26)/p+1. The normalized spacial score (nSPS) is 12.2. The number of halogens is 3. The lowest BCUT2D eigenvalue weighted by atomic mass is 10.1. The zero-order chi connectivity index (χ0) is 19.7. The van der Waals surface area contributed by atoms with Gasteiger partial charge in [-0.1, -0.05) is 19.1 Å². The molecule has 0 aliphatic rings. The Morgan fingerprint density at radius 3 is 2.31 bits per heavy atom. The monoisotopic (exact) mass is 375 g/mol. The molecule has 1 aromatic carbocycles. The number of carbonyl (C=O) groups excluding carboxylic acids is 3. The molecule has 0 aromatic heterocycles. The lowest BCUT2D eigenvalue weighted by Crippen LogP contribution is -3.11. The molecule has 0 radical (unpaired) electrons. The highest BCUT2D eigenvalue weighted by atomic mass is 19.4. The van der Waals surface area contributed by atoms with Crippen LogP contribution in [0.1, 0.15) is 18.9 Å². The van der Waals surface area contributed by atoms with Gasteiger partial charge in [0.2, 0.25) is 0 Å². The minimum absolute atomic E-state index is 0.187. The molecule has 26 heavy (non-hydrogen) atoms. The summed E-state index contributed by atoms with van der Waals surface area (Å²) in [5, 5.41) is 6.77. The van der Waals surface area contributed by atoms with Gasteiger partial charge in [0.1, 0.15) is 0 Å². The van der Waals surface area contributed by atoms with Crippen molar-refractivity contribution in [1.82, 2.24) is 10.6 Å². The van der Waals surface area contributed by atoms with Gasteiger partial charge in [0.05, 0.1) is 18.3 Å². The molecule has 0 aliphatic carbocycles. The van der Waals surface area contributed by atoms with Crippen molar-refractivity contribution in [1.29, 1.82) is 0 Å². The summed E-state index contributed by atoms with van der Waals surface area (Å²) in [7, 11) is 1.51. The number of benzene rings is 1. The van der Waals surface area contributed by atoms with E-state index in [9.17, 15) is 27.6 Å². The third kappa shape index (κ3) is 7.51. The number of nitrogens with one attached hydrogen (secondary N) is 4. The average molecular weight is 375 g/mol. The Balaban J connectivity index is 2.53. The summed E-state index contributed by atoms with van der Waals surface area (Å²) in [6.07, 6.45) is -3.87. The number of para-hydroxylation sites is 1. The van der Waals surface area contributed by atoms with Gasteiger partial charge in [-0.2, -0.15) is 13.2 Å². The van der Waals surface area contributed by atoms with E-state index in [1.807, 2.05) is 6.92 Å². The maximum atomic E-state index is 12.9. The summed E-state index contributed by atoms with van der Waals surface area (Å²) in [5.74, 6) is -1.28. The second-order valence-corrected chi connectivity index (χ2v) is 5.71. The van der Waals surface area contributed by atoms with Crippen LogP contribution in [0.2, 0.25) is 0 Å². The molecule has 0 spiro atoms. The van der Waals surface area contributed by atoms with Crippen LogP contribution in [0.5, 0.6) is 0 Å². The lowest BCUT2D eigenvalue weighted by molar-refractivity contribution is -0.862. The first-order valence-electron chi connectivity index (χ1n) is 7.98. The van der Waals surface area contributed by atoms with Crippen molar-refractivity contribution >= 4 is 23.5 Å². The molecule has 4 N–H and O–H groups in total. The molecule has 0 fully saturated rings. The van der Waals surface area contributed by atoms with Gasteiger partial charge in [0.25, 0.3) is 11.8 Å². The highest BCUT2D eigenvalue weighted by Gasteiger charge is 2.33. The predicted molar refractivity (Wildman–Crippen MR) is 88.5 cm³/mol. The van der Waals surface area contributed by atoms with Crippen LogP contribution < -0.4 is 20.9 Å². The van der Waals surface area contributed by atoms with E-state index in [0.717, 1.165) is 12.1 Å². The first-order valence-corrected chi connectivity index (χ1v) is 7.98. The number of carbonyl (C=O) groups is 3. The maximum Gasteiger partial charge on any atom is 0.418 e.